The van der Waals surface area contributed by atoms with Gasteiger partial charge in [-0.3, -0.25) is 9.59 Å². The fourth-order valence-corrected chi connectivity index (χ4v) is 2.38. The van der Waals surface area contributed by atoms with Crippen molar-refractivity contribution in [3.05, 3.63) is 22.6 Å². The van der Waals surface area contributed by atoms with Crippen LogP contribution in [0.25, 0.3) is 0 Å². The minimum Gasteiger partial charge on any atom is -0.457 e. The largest absolute Gasteiger partial charge is 0.457 e. The summed E-state index contributed by atoms with van der Waals surface area (Å²) in [5.74, 6) is 0.0577. The van der Waals surface area contributed by atoms with E-state index in [-0.39, 0.29) is 11.8 Å². The molecule has 0 saturated carbocycles. The minimum absolute atomic E-state index is 0.164. The molecular formula is C12H15BrN2O3. The van der Waals surface area contributed by atoms with Gasteiger partial charge in [0.05, 0.1) is 11.8 Å². The van der Waals surface area contributed by atoms with E-state index in [9.17, 15) is 9.59 Å². The van der Waals surface area contributed by atoms with Gasteiger partial charge >= 0.3 is 0 Å². The molecule has 0 aromatic carbocycles. The third-order valence-electron chi connectivity index (χ3n) is 2.92. The Morgan fingerprint density at radius 3 is 3.00 bits per heavy atom. The van der Waals surface area contributed by atoms with Crippen LogP contribution in [0.2, 0.25) is 0 Å². The first-order valence-electron chi connectivity index (χ1n) is 5.97. The van der Waals surface area contributed by atoms with Crippen LogP contribution < -0.4 is 5.32 Å². The summed E-state index contributed by atoms with van der Waals surface area (Å²) in [6.07, 6.45) is 3.84. The lowest BCUT2D eigenvalue weighted by Gasteiger charge is -2.15. The van der Waals surface area contributed by atoms with E-state index in [0.29, 0.717) is 29.7 Å². The fourth-order valence-electron chi connectivity index (χ4n) is 1.96. The van der Waals surface area contributed by atoms with Crippen molar-refractivity contribution in [2.24, 2.45) is 0 Å². The summed E-state index contributed by atoms with van der Waals surface area (Å²) in [5, 5.41) is 2.80. The van der Waals surface area contributed by atoms with Crippen molar-refractivity contribution >= 4 is 27.7 Å². The zero-order valence-electron chi connectivity index (χ0n) is 9.95. The normalized spacial score (nSPS) is 15.2. The molecule has 1 saturated heterocycles. The maximum Gasteiger partial charge on any atom is 0.255 e. The quantitative estimate of drug-likeness (QED) is 0.843. The van der Waals surface area contributed by atoms with E-state index in [1.54, 1.807) is 6.07 Å². The van der Waals surface area contributed by atoms with E-state index >= 15 is 0 Å². The van der Waals surface area contributed by atoms with Crippen molar-refractivity contribution in [1.82, 2.24) is 10.2 Å². The number of nitrogens with one attached hydrogen (secondary N) is 1. The molecule has 1 aromatic rings. The molecule has 0 aliphatic carbocycles. The molecule has 98 valence electrons. The number of nitrogens with zero attached hydrogens (tertiary/aromatic N) is 1. The number of rotatable bonds is 5. The third kappa shape index (κ3) is 3.13. The Bertz CT molecular complexity index is 444. The maximum atomic E-state index is 11.7. The van der Waals surface area contributed by atoms with Crippen LogP contribution >= 0.6 is 15.9 Å². The van der Waals surface area contributed by atoms with Gasteiger partial charge in [-0.05, 0) is 34.8 Å². The zero-order valence-corrected chi connectivity index (χ0v) is 11.5. The second-order valence-corrected chi connectivity index (χ2v) is 4.92. The molecule has 6 heteroatoms. The lowest BCUT2D eigenvalue weighted by atomic mass is 10.3. The molecule has 1 fully saturated rings. The summed E-state index contributed by atoms with van der Waals surface area (Å²) < 4.78 is 5.43. The molecule has 1 aliphatic rings. The average Bonchev–Trinajstić information content (AvgIpc) is 2.94. The van der Waals surface area contributed by atoms with Crippen LogP contribution in [-0.2, 0) is 4.79 Å². The lowest BCUT2D eigenvalue weighted by Crippen LogP contribution is -2.30. The molecule has 5 nitrogen and oxygen atoms in total. The van der Waals surface area contributed by atoms with Crippen LogP contribution in [0.4, 0.5) is 0 Å². The first kappa shape index (κ1) is 13.1. The van der Waals surface area contributed by atoms with Crippen molar-refractivity contribution < 1.29 is 14.0 Å². The Labute approximate surface area is 114 Å². The topological polar surface area (TPSA) is 62.6 Å². The predicted octanol–water partition coefficient (Wildman–Crippen LogP) is 1.78. The number of likely N-dealkylation sites (tertiary alicyclic amines) is 1. The fraction of sp³-hybridized carbons (Fsp3) is 0.500. The molecule has 2 amide bonds. The molecule has 1 aliphatic heterocycles. The molecular weight excluding hydrogens is 300 g/mol. The highest BCUT2D eigenvalue weighted by atomic mass is 79.9. The first-order valence-corrected chi connectivity index (χ1v) is 6.77. The maximum absolute atomic E-state index is 11.7. The summed E-state index contributed by atoms with van der Waals surface area (Å²) in [5.41, 5.74) is 0.493. The highest BCUT2D eigenvalue weighted by Crippen LogP contribution is 2.17. The number of amides is 2. The molecule has 0 bridgehead atoms. The molecule has 0 unspecified atom stereocenters. The van der Waals surface area contributed by atoms with Crippen molar-refractivity contribution in [1.29, 1.82) is 0 Å². The third-order valence-corrected chi connectivity index (χ3v) is 3.54. The first-order chi connectivity index (χ1) is 8.68. The van der Waals surface area contributed by atoms with Gasteiger partial charge in [0.1, 0.15) is 0 Å². The van der Waals surface area contributed by atoms with Gasteiger partial charge in [-0.15, -0.1) is 0 Å². The summed E-state index contributed by atoms with van der Waals surface area (Å²) >= 11 is 3.16. The molecule has 0 spiro atoms. The van der Waals surface area contributed by atoms with Gasteiger partial charge in [0.25, 0.3) is 5.91 Å². The number of hydrogen-bond donors (Lipinski definition) is 1. The zero-order chi connectivity index (χ0) is 13.0. The van der Waals surface area contributed by atoms with Gasteiger partial charge in [0.15, 0.2) is 4.67 Å². The number of carbonyl (C=O) groups excluding carboxylic acids is 2. The smallest absolute Gasteiger partial charge is 0.255 e. The molecule has 1 aromatic heterocycles. The Morgan fingerprint density at radius 1 is 1.56 bits per heavy atom. The number of carbonyl (C=O) groups is 2. The van der Waals surface area contributed by atoms with Gasteiger partial charge in [-0.1, -0.05) is 0 Å². The molecule has 0 radical (unpaired) electrons. The van der Waals surface area contributed by atoms with E-state index in [4.69, 9.17) is 4.42 Å². The van der Waals surface area contributed by atoms with Gasteiger partial charge in [0, 0.05) is 26.1 Å². The highest BCUT2D eigenvalue weighted by molar-refractivity contribution is 9.10. The van der Waals surface area contributed by atoms with E-state index in [2.05, 4.69) is 21.2 Å². The van der Waals surface area contributed by atoms with Gasteiger partial charge in [0.2, 0.25) is 5.91 Å². The standard InChI is InChI=1S/C12H15BrN2O3/c13-11-9(4-8-18-11)12(17)14-5-2-7-15-6-1-3-10(15)16/h4,8H,1-3,5-7H2,(H,14,17). The van der Waals surface area contributed by atoms with Crippen LogP contribution in [0.3, 0.4) is 0 Å². The monoisotopic (exact) mass is 314 g/mol. The summed E-state index contributed by atoms with van der Waals surface area (Å²) in [6, 6.07) is 1.61. The Balaban J connectivity index is 1.68. The average molecular weight is 315 g/mol. The van der Waals surface area contributed by atoms with Crippen LogP contribution in [0.15, 0.2) is 21.4 Å². The van der Waals surface area contributed by atoms with Crippen LogP contribution in [0.5, 0.6) is 0 Å². The van der Waals surface area contributed by atoms with Gasteiger partial charge in [-0.25, -0.2) is 0 Å². The summed E-state index contributed by atoms with van der Waals surface area (Å²) in [4.78, 5) is 24.9. The SMILES string of the molecule is O=C(NCCCN1CCCC1=O)c1ccoc1Br. The molecule has 2 heterocycles. The van der Waals surface area contributed by atoms with Crippen molar-refractivity contribution in [3.8, 4) is 0 Å². The summed E-state index contributed by atoms with van der Waals surface area (Å²) in [6.45, 7) is 2.12. The highest BCUT2D eigenvalue weighted by Gasteiger charge is 2.19. The van der Waals surface area contributed by atoms with Gasteiger partial charge in [-0.2, -0.15) is 0 Å². The molecule has 0 atom stereocenters. The molecule has 1 N–H and O–H groups in total. The van der Waals surface area contributed by atoms with Crippen molar-refractivity contribution in [3.63, 3.8) is 0 Å². The summed E-state index contributed by atoms with van der Waals surface area (Å²) in [7, 11) is 0. The second-order valence-electron chi connectivity index (χ2n) is 4.20. The van der Waals surface area contributed by atoms with E-state index in [1.807, 2.05) is 4.90 Å². The Kier molecular flexibility index (Phi) is 4.41. The van der Waals surface area contributed by atoms with Gasteiger partial charge < -0.3 is 14.6 Å². The number of hydrogen-bond acceptors (Lipinski definition) is 3. The van der Waals surface area contributed by atoms with Crippen LogP contribution in [0.1, 0.15) is 29.6 Å². The van der Waals surface area contributed by atoms with Crippen LogP contribution in [-0.4, -0.2) is 36.3 Å². The second kappa shape index (κ2) is 6.04. The van der Waals surface area contributed by atoms with Crippen molar-refractivity contribution in [2.75, 3.05) is 19.6 Å². The van der Waals surface area contributed by atoms with Crippen LogP contribution in [0, 0.1) is 0 Å². The minimum atomic E-state index is -0.164. The van der Waals surface area contributed by atoms with E-state index < -0.39 is 0 Å². The molecule has 2 rings (SSSR count). The lowest BCUT2D eigenvalue weighted by molar-refractivity contribution is -0.127. The number of halogens is 1. The Morgan fingerprint density at radius 2 is 2.39 bits per heavy atom. The predicted molar refractivity (Wildman–Crippen MR) is 69.2 cm³/mol. The van der Waals surface area contributed by atoms with E-state index in [0.717, 1.165) is 19.4 Å². The molecule has 18 heavy (non-hydrogen) atoms. The Hall–Kier alpha value is -1.30. The van der Waals surface area contributed by atoms with E-state index in [1.165, 1.54) is 6.26 Å². The van der Waals surface area contributed by atoms with Crippen molar-refractivity contribution in [2.45, 2.75) is 19.3 Å². The number of furan rings is 1.